The van der Waals surface area contributed by atoms with E-state index in [9.17, 15) is 18.0 Å². The number of aromatic nitrogens is 2. The first-order valence-corrected chi connectivity index (χ1v) is 6.82. The maximum absolute atomic E-state index is 12.7. The summed E-state index contributed by atoms with van der Waals surface area (Å²) in [5.41, 5.74) is 0.268. The van der Waals surface area contributed by atoms with Gasteiger partial charge in [-0.05, 0) is 31.2 Å². The maximum atomic E-state index is 12.7. The van der Waals surface area contributed by atoms with Crippen LogP contribution >= 0.6 is 11.3 Å². The zero-order chi connectivity index (χ0) is 14.5. The molecule has 3 rings (SSSR count). The Morgan fingerprint density at radius 1 is 1.20 bits per heavy atom. The SMILES string of the molecule is O=C(O)c1nc(C(F)(F)F)nc2sc3c(c12)CCCC3. The molecule has 2 heterocycles. The van der Waals surface area contributed by atoms with Gasteiger partial charge in [0, 0.05) is 10.3 Å². The van der Waals surface area contributed by atoms with E-state index in [0.717, 1.165) is 41.0 Å². The Hall–Kier alpha value is -1.70. The quantitative estimate of drug-likeness (QED) is 0.878. The number of alkyl halides is 3. The smallest absolute Gasteiger partial charge is 0.451 e. The van der Waals surface area contributed by atoms with E-state index in [2.05, 4.69) is 9.97 Å². The van der Waals surface area contributed by atoms with Crippen LogP contribution in [0.2, 0.25) is 0 Å². The van der Waals surface area contributed by atoms with Crippen molar-refractivity contribution in [2.45, 2.75) is 31.9 Å². The minimum absolute atomic E-state index is 0.122. The fourth-order valence-corrected chi connectivity index (χ4v) is 3.70. The van der Waals surface area contributed by atoms with Crippen molar-refractivity contribution in [2.24, 2.45) is 0 Å². The Labute approximate surface area is 115 Å². The largest absolute Gasteiger partial charge is 0.476 e. The highest BCUT2D eigenvalue weighted by Gasteiger charge is 2.37. The molecule has 106 valence electrons. The van der Waals surface area contributed by atoms with Crippen LogP contribution < -0.4 is 0 Å². The van der Waals surface area contributed by atoms with E-state index in [1.54, 1.807) is 0 Å². The lowest BCUT2D eigenvalue weighted by atomic mass is 9.96. The van der Waals surface area contributed by atoms with Crippen molar-refractivity contribution in [1.82, 2.24) is 9.97 Å². The van der Waals surface area contributed by atoms with E-state index in [4.69, 9.17) is 5.11 Å². The summed E-state index contributed by atoms with van der Waals surface area (Å²) in [6, 6.07) is 0. The number of rotatable bonds is 1. The summed E-state index contributed by atoms with van der Waals surface area (Å²) >= 11 is 1.15. The molecule has 0 amide bonds. The summed E-state index contributed by atoms with van der Waals surface area (Å²) in [4.78, 5) is 19.0. The number of hydrogen-bond donors (Lipinski definition) is 1. The first-order chi connectivity index (χ1) is 9.38. The van der Waals surface area contributed by atoms with E-state index >= 15 is 0 Å². The lowest BCUT2D eigenvalue weighted by Crippen LogP contribution is -2.15. The summed E-state index contributed by atoms with van der Waals surface area (Å²) in [7, 11) is 0. The molecule has 0 saturated carbocycles. The van der Waals surface area contributed by atoms with Crippen LogP contribution in [0.5, 0.6) is 0 Å². The van der Waals surface area contributed by atoms with Gasteiger partial charge in [-0.25, -0.2) is 14.8 Å². The molecule has 1 aliphatic carbocycles. The first kappa shape index (κ1) is 13.3. The molecule has 1 N–H and O–H groups in total. The Balaban J connectivity index is 2.34. The highest BCUT2D eigenvalue weighted by atomic mass is 32.1. The number of carboxylic acids is 1. The zero-order valence-electron chi connectivity index (χ0n) is 10.1. The van der Waals surface area contributed by atoms with Crippen LogP contribution in [0, 0.1) is 0 Å². The minimum atomic E-state index is -4.75. The lowest BCUT2D eigenvalue weighted by Gasteiger charge is -2.11. The van der Waals surface area contributed by atoms with Crippen LogP contribution in [0.25, 0.3) is 10.2 Å². The summed E-state index contributed by atoms with van der Waals surface area (Å²) < 4.78 is 38.2. The van der Waals surface area contributed by atoms with E-state index in [1.807, 2.05) is 0 Å². The number of aromatic carboxylic acids is 1. The maximum Gasteiger partial charge on any atom is 0.451 e. The molecule has 0 aliphatic heterocycles. The number of fused-ring (bicyclic) bond motifs is 3. The third-order valence-electron chi connectivity index (χ3n) is 3.27. The summed E-state index contributed by atoms with van der Waals surface area (Å²) in [5, 5.41) is 9.42. The molecule has 1 aliphatic rings. The predicted molar refractivity (Wildman–Crippen MR) is 66.0 cm³/mol. The van der Waals surface area contributed by atoms with Crippen molar-refractivity contribution >= 4 is 27.5 Å². The van der Waals surface area contributed by atoms with Crippen LogP contribution in [0.3, 0.4) is 0 Å². The first-order valence-electron chi connectivity index (χ1n) is 6.00. The van der Waals surface area contributed by atoms with Gasteiger partial charge in [-0.2, -0.15) is 13.2 Å². The van der Waals surface area contributed by atoms with Gasteiger partial charge in [-0.15, -0.1) is 11.3 Å². The molecule has 4 nitrogen and oxygen atoms in total. The number of hydrogen-bond acceptors (Lipinski definition) is 4. The van der Waals surface area contributed by atoms with Crippen molar-refractivity contribution in [2.75, 3.05) is 0 Å². The highest BCUT2D eigenvalue weighted by molar-refractivity contribution is 7.18. The Morgan fingerprint density at radius 2 is 1.90 bits per heavy atom. The monoisotopic (exact) mass is 302 g/mol. The van der Waals surface area contributed by atoms with Gasteiger partial charge in [0.1, 0.15) is 4.83 Å². The molecule has 8 heteroatoms. The van der Waals surface area contributed by atoms with Gasteiger partial charge in [0.2, 0.25) is 5.82 Å². The summed E-state index contributed by atoms with van der Waals surface area (Å²) in [6.07, 6.45) is -1.45. The second-order valence-electron chi connectivity index (χ2n) is 4.59. The van der Waals surface area contributed by atoms with Crippen LogP contribution in [0.4, 0.5) is 13.2 Å². The van der Waals surface area contributed by atoms with Crippen molar-refractivity contribution in [3.8, 4) is 0 Å². The second kappa shape index (κ2) is 4.41. The normalized spacial score (nSPS) is 15.3. The van der Waals surface area contributed by atoms with Crippen molar-refractivity contribution in [1.29, 1.82) is 0 Å². The summed E-state index contributed by atoms with van der Waals surface area (Å²) in [5.74, 6) is -2.84. The molecule has 20 heavy (non-hydrogen) atoms. The molecular formula is C12H9F3N2O2S. The summed E-state index contributed by atoms with van der Waals surface area (Å²) in [6.45, 7) is 0. The fourth-order valence-electron chi connectivity index (χ4n) is 2.44. The molecule has 0 radical (unpaired) electrons. The third kappa shape index (κ3) is 2.04. The number of aryl methyl sites for hydroxylation is 2. The number of halogens is 3. The van der Waals surface area contributed by atoms with Gasteiger partial charge >= 0.3 is 12.1 Å². The molecule has 0 atom stereocenters. The lowest BCUT2D eigenvalue weighted by molar-refractivity contribution is -0.144. The Morgan fingerprint density at radius 3 is 2.55 bits per heavy atom. The Kier molecular flexibility index (Phi) is 2.93. The van der Waals surface area contributed by atoms with Crippen molar-refractivity contribution in [3.63, 3.8) is 0 Å². The molecule has 2 aromatic rings. The molecule has 0 unspecified atom stereocenters. The number of carbonyl (C=O) groups is 1. The van der Waals surface area contributed by atoms with Crippen LogP contribution in [-0.2, 0) is 19.0 Å². The van der Waals surface area contributed by atoms with E-state index in [1.165, 1.54) is 0 Å². The van der Waals surface area contributed by atoms with Gasteiger partial charge in [-0.1, -0.05) is 0 Å². The van der Waals surface area contributed by atoms with E-state index in [0.29, 0.717) is 6.42 Å². The average Bonchev–Trinajstić information content (AvgIpc) is 2.74. The molecule has 0 spiro atoms. The molecule has 0 saturated heterocycles. The predicted octanol–water partition coefficient (Wildman–Crippen LogP) is 3.29. The van der Waals surface area contributed by atoms with Gasteiger partial charge in [0.25, 0.3) is 0 Å². The van der Waals surface area contributed by atoms with Crippen LogP contribution in [-0.4, -0.2) is 21.0 Å². The van der Waals surface area contributed by atoms with E-state index in [-0.39, 0.29) is 10.2 Å². The highest BCUT2D eigenvalue weighted by Crippen LogP contribution is 2.38. The van der Waals surface area contributed by atoms with Crippen molar-refractivity contribution in [3.05, 3.63) is 22.0 Å². The van der Waals surface area contributed by atoms with Gasteiger partial charge in [0.15, 0.2) is 5.69 Å². The topological polar surface area (TPSA) is 63.1 Å². The third-order valence-corrected chi connectivity index (χ3v) is 4.46. The zero-order valence-corrected chi connectivity index (χ0v) is 10.9. The molecular weight excluding hydrogens is 293 g/mol. The minimum Gasteiger partial charge on any atom is -0.476 e. The number of nitrogens with zero attached hydrogens (tertiary/aromatic N) is 2. The molecule has 2 aromatic heterocycles. The number of thiophene rings is 1. The van der Waals surface area contributed by atoms with E-state index < -0.39 is 23.7 Å². The Bertz CT molecular complexity index is 709. The van der Waals surface area contributed by atoms with Gasteiger partial charge in [-0.3, -0.25) is 0 Å². The number of carboxylic acid groups (broad SMARTS) is 1. The standard InChI is InChI=1S/C12H9F3N2O2S/c13-12(14,15)11-16-8(10(18)19)7-5-3-1-2-4-6(5)20-9(7)17-11/h1-4H2,(H,18,19). The van der Waals surface area contributed by atoms with Crippen LogP contribution in [0.1, 0.15) is 39.6 Å². The fraction of sp³-hybridized carbons (Fsp3) is 0.417. The second-order valence-corrected chi connectivity index (χ2v) is 5.67. The molecule has 0 fully saturated rings. The van der Waals surface area contributed by atoms with Crippen molar-refractivity contribution < 1.29 is 23.1 Å². The molecule has 0 aromatic carbocycles. The molecule has 0 bridgehead atoms. The van der Waals surface area contributed by atoms with Gasteiger partial charge < -0.3 is 5.11 Å². The average molecular weight is 302 g/mol. The van der Waals surface area contributed by atoms with Gasteiger partial charge in [0.05, 0.1) is 0 Å². The van der Waals surface area contributed by atoms with Crippen LogP contribution in [0.15, 0.2) is 0 Å².